The average molecular weight is 385 g/mol. The van der Waals surface area contributed by atoms with Gasteiger partial charge in [-0.25, -0.2) is 9.97 Å². The van der Waals surface area contributed by atoms with Crippen LogP contribution in [0.4, 0.5) is 10.9 Å². The summed E-state index contributed by atoms with van der Waals surface area (Å²) in [5, 5.41) is 7.22. The van der Waals surface area contributed by atoms with E-state index in [4.69, 9.17) is 0 Å². The van der Waals surface area contributed by atoms with Gasteiger partial charge in [-0.3, -0.25) is 4.79 Å². The number of aromatic nitrogens is 3. The maximum Gasteiger partial charge on any atom is 0.251 e. The van der Waals surface area contributed by atoms with Crippen molar-refractivity contribution in [2.45, 2.75) is 32.9 Å². The number of hydrogen-bond acceptors (Lipinski definition) is 7. The average Bonchev–Trinajstić information content (AvgIpc) is 3.11. The van der Waals surface area contributed by atoms with Gasteiger partial charge in [0.15, 0.2) is 10.8 Å². The Morgan fingerprint density at radius 2 is 2.11 bits per heavy atom. The highest BCUT2D eigenvalue weighted by Crippen LogP contribution is 2.30. The highest BCUT2D eigenvalue weighted by molar-refractivity contribution is 7.22. The standard InChI is InChI=1S/C19H24N6OS/c1-5-12(2)23-18(26)14-8-6-7-13(9-14)10-20-16-15-17(22-11-21-16)24-19(27-15)25(3)4/h6-9,11-12H,5,10H2,1-4H3,(H,23,26)(H,20,21,22). The molecule has 0 radical (unpaired) electrons. The van der Waals surface area contributed by atoms with E-state index in [1.807, 2.05) is 50.2 Å². The fraction of sp³-hybridized carbons (Fsp3) is 0.368. The fourth-order valence-electron chi connectivity index (χ4n) is 2.48. The summed E-state index contributed by atoms with van der Waals surface area (Å²) < 4.78 is 0.923. The highest BCUT2D eigenvalue weighted by atomic mass is 32.1. The van der Waals surface area contributed by atoms with Crippen LogP contribution in [-0.2, 0) is 6.54 Å². The van der Waals surface area contributed by atoms with Crippen molar-refractivity contribution < 1.29 is 4.79 Å². The Kier molecular flexibility index (Phi) is 5.85. The molecule has 1 amide bonds. The van der Waals surface area contributed by atoms with Crippen LogP contribution in [0.5, 0.6) is 0 Å². The Bertz CT molecular complexity index is 939. The van der Waals surface area contributed by atoms with Crippen molar-refractivity contribution in [2.75, 3.05) is 24.3 Å². The van der Waals surface area contributed by atoms with Crippen LogP contribution >= 0.6 is 11.3 Å². The predicted molar refractivity (Wildman–Crippen MR) is 111 cm³/mol. The molecule has 2 aromatic heterocycles. The van der Waals surface area contributed by atoms with Crippen molar-refractivity contribution >= 4 is 38.5 Å². The van der Waals surface area contributed by atoms with Gasteiger partial charge < -0.3 is 15.5 Å². The van der Waals surface area contributed by atoms with Gasteiger partial charge >= 0.3 is 0 Å². The zero-order valence-corrected chi connectivity index (χ0v) is 16.8. The van der Waals surface area contributed by atoms with E-state index in [1.165, 1.54) is 6.33 Å². The molecule has 0 aliphatic rings. The molecule has 3 aromatic rings. The third-order valence-electron chi connectivity index (χ3n) is 4.20. The lowest BCUT2D eigenvalue weighted by atomic mass is 10.1. The molecule has 0 aliphatic heterocycles. The first-order chi connectivity index (χ1) is 13.0. The maximum absolute atomic E-state index is 12.3. The minimum absolute atomic E-state index is 0.0475. The topological polar surface area (TPSA) is 83.0 Å². The lowest BCUT2D eigenvalue weighted by Gasteiger charge is -2.12. The lowest BCUT2D eigenvalue weighted by Crippen LogP contribution is -2.31. The normalized spacial score (nSPS) is 12.0. The van der Waals surface area contributed by atoms with Crippen LogP contribution in [0.3, 0.4) is 0 Å². The van der Waals surface area contributed by atoms with Gasteiger partial charge in [0.2, 0.25) is 0 Å². The molecule has 142 valence electrons. The van der Waals surface area contributed by atoms with E-state index in [-0.39, 0.29) is 11.9 Å². The van der Waals surface area contributed by atoms with Gasteiger partial charge in [-0.15, -0.1) is 0 Å². The number of amides is 1. The first-order valence-electron chi connectivity index (χ1n) is 8.90. The summed E-state index contributed by atoms with van der Waals surface area (Å²) in [4.78, 5) is 27.4. The molecule has 0 aliphatic carbocycles. The number of benzene rings is 1. The van der Waals surface area contributed by atoms with E-state index < -0.39 is 0 Å². The molecule has 1 aromatic carbocycles. The van der Waals surface area contributed by atoms with Gasteiger partial charge in [0.1, 0.15) is 16.8 Å². The quantitative estimate of drug-likeness (QED) is 0.650. The summed E-state index contributed by atoms with van der Waals surface area (Å²) in [6.07, 6.45) is 2.42. The van der Waals surface area contributed by atoms with Gasteiger partial charge in [0, 0.05) is 32.2 Å². The number of nitrogens with zero attached hydrogens (tertiary/aromatic N) is 4. The Morgan fingerprint density at radius 3 is 2.85 bits per heavy atom. The summed E-state index contributed by atoms with van der Waals surface area (Å²) in [6, 6.07) is 7.78. The molecule has 7 nitrogen and oxygen atoms in total. The zero-order chi connectivity index (χ0) is 19.4. The lowest BCUT2D eigenvalue weighted by molar-refractivity contribution is 0.0939. The van der Waals surface area contributed by atoms with Crippen LogP contribution in [0.25, 0.3) is 10.3 Å². The Balaban J connectivity index is 1.74. The van der Waals surface area contributed by atoms with Crippen LogP contribution in [0.15, 0.2) is 30.6 Å². The van der Waals surface area contributed by atoms with Crippen LogP contribution in [-0.4, -0.2) is 41.0 Å². The van der Waals surface area contributed by atoms with E-state index in [0.717, 1.165) is 27.6 Å². The molecule has 0 saturated carbocycles. The number of carbonyl (C=O) groups is 1. The molecule has 1 atom stereocenters. The van der Waals surface area contributed by atoms with Crippen molar-refractivity contribution in [2.24, 2.45) is 0 Å². The van der Waals surface area contributed by atoms with E-state index >= 15 is 0 Å². The molecule has 27 heavy (non-hydrogen) atoms. The summed E-state index contributed by atoms with van der Waals surface area (Å²) in [6.45, 7) is 4.61. The first-order valence-corrected chi connectivity index (χ1v) is 9.72. The SMILES string of the molecule is CCC(C)NC(=O)c1cccc(CNc2ncnc3nc(N(C)C)sc23)c1. The molecule has 3 rings (SSSR count). The summed E-state index contributed by atoms with van der Waals surface area (Å²) >= 11 is 1.55. The van der Waals surface area contributed by atoms with Crippen molar-refractivity contribution in [1.82, 2.24) is 20.3 Å². The molecule has 2 N–H and O–H groups in total. The van der Waals surface area contributed by atoms with Gasteiger partial charge in [0.05, 0.1) is 0 Å². The van der Waals surface area contributed by atoms with Gasteiger partial charge in [-0.05, 0) is 31.0 Å². The Labute approximate surface area is 162 Å². The van der Waals surface area contributed by atoms with Gasteiger partial charge in [-0.2, -0.15) is 4.98 Å². The number of carbonyl (C=O) groups excluding carboxylic acids is 1. The highest BCUT2D eigenvalue weighted by Gasteiger charge is 2.12. The Morgan fingerprint density at radius 1 is 1.30 bits per heavy atom. The second-order valence-electron chi connectivity index (χ2n) is 6.60. The number of nitrogens with one attached hydrogen (secondary N) is 2. The summed E-state index contributed by atoms with van der Waals surface area (Å²) in [7, 11) is 3.91. The number of fused-ring (bicyclic) bond motifs is 1. The largest absolute Gasteiger partial charge is 0.365 e. The minimum atomic E-state index is -0.0475. The predicted octanol–water partition coefficient (Wildman–Crippen LogP) is 3.29. The second kappa shape index (κ2) is 8.30. The van der Waals surface area contributed by atoms with E-state index in [9.17, 15) is 4.79 Å². The molecular formula is C19H24N6OS. The first kappa shape index (κ1) is 19.0. The van der Waals surface area contributed by atoms with E-state index in [0.29, 0.717) is 17.8 Å². The van der Waals surface area contributed by atoms with E-state index in [2.05, 4.69) is 32.5 Å². The second-order valence-corrected chi connectivity index (χ2v) is 7.58. The third kappa shape index (κ3) is 4.51. The number of thiazole rings is 1. The minimum Gasteiger partial charge on any atom is -0.365 e. The molecule has 2 heterocycles. The molecule has 0 fully saturated rings. The molecule has 8 heteroatoms. The van der Waals surface area contributed by atoms with Crippen molar-refractivity contribution in [3.8, 4) is 0 Å². The molecule has 0 spiro atoms. The van der Waals surface area contributed by atoms with Gasteiger partial charge in [0.25, 0.3) is 5.91 Å². The monoisotopic (exact) mass is 384 g/mol. The van der Waals surface area contributed by atoms with Crippen LogP contribution in [0.1, 0.15) is 36.2 Å². The molecular weight excluding hydrogens is 360 g/mol. The molecule has 0 saturated heterocycles. The van der Waals surface area contributed by atoms with Crippen molar-refractivity contribution in [1.29, 1.82) is 0 Å². The number of anilines is 2. The molecule has 1 unspecified atom stereocenters. The van der Waals surface area contributed by atoms with Gasteiger partial charge in [-0.1, -0.05) is 30.4 Å². The zero-order valence-electron chi connectivity index (χ0n) is 16.0. The van der Waals surface area contributed by atoms with Crippen LogP contribution < -0.4 is 15.5 Å². The smallest absolute Gasteiger partial charge is 0.251 e. The van der Waals surface area contributed by atoms with Crippen molar-refractivity contribution in [3.63, 3.8) is 0 Å². The third-order valence-corrected chi connectivity index (χ3v) is 5.42. The van der Waals surface area contributed by atoms with E-state index in [1.54, 1.807) is 11.3 Å². The molecule has 0 bridgehead atoms. The summed E-state index contributed by atoms with van der Waals surface area (Å²) in [5.41, 5.74) is 2.36. The number of hydrogen-bond donors (Lipinski definition) is 2. The van der Waals surface area contributed by atoms with Crippen molar-refractivity contribution in [3.05, 3.63) is 41.7 Å². The number of rotatable bonds is 7. The fourth-order valence-corrected chi connectivity index (χ4v) is 3.39. The summed E-state index contributed by atoms with van der Waals surface area (Å²) in [5.74, 6) is 0.703. The van der Waals surface area contributed by atoms with Crippen LogP contribution in [0.2, 0.25) is 0 Å². The van der Waals surface area contributed by atoms with Crippen LogP contribution in [0, 0.1) is 0 Å². The Hall–Kier alpha value is -2.74. The maximum atomic E-state index is 12.3.